The number of hydrogen-bond acceptors (Lipinski definition) is 8. The van der Waals surface area contributed by atoms with Gasteiger partial charge in [-0.2, -0.15) is 11.8 Å². The molecule has 0 radical (unpaired) electrons. The average Bonchev–Trinajstić information content (AvgIpc) is 2.90. The number of carbonyl (C=O) groups is 2. The van der Waals surface area contributed by atoms with Crippen molar-refractivity contribution in [1.29, 1.82) is 0 Å². The number of carbonyl (C=O) groups excluding carboxylic acids is 2. The van der Waals surface area contributed by atoms with Crippen LogP contribution in [0.5, 0.6) is 0 Å². The van der Waals surface area contributed by atoms with Gasteiger partial charge in [-0.15, -0.1) is 0 Å². The van der Waals surface area contributed by atoms with E-state index in [1.807, 2.05) is 30.3 Å². The molecule has 0 amide bonds. The van der Waals surface area contributed by atoms with Gasteiger partial charge in [0.05, 0.1) is 53.1 Å². The Morgan fingerprint density at radius 1 is 1.03 bits per heavy atom. The van der Waals surface area contributed by atoms with Crippen LogP contribution in [0.1, 0.15) is 24.0 Å². The van der Waals surface area contributed by atoms with E-state index < -0.39 is 17.9 Å². The Hall–Kier alpha value is -2.49. The zero-order chi connectivity index (χ0) is 26.8. The number of hydrogen-bond donors (Lipinski definition) is 2. The van der Waals surface area contributed by atoms with Gasteiger partial charge < -0.3 is 25.3 Å². The summed E-state index contributed by atoms with van der Waals surface area (Å²) in [4.78, 5) is 26.5. The Balaban J connectivity index is 1.91. The zero-order valence-corrected chi connectivity index (χ0v) is 23.0. The number of ether oxygens (including phenoxy) is 3. The fraction of sp³-hybridized carbons (Fsp3) is 0.333. The number of methoxy groups -OCH3 is 1. The van der Waals surface area contributed by atoms with E-state index in [4.69, 9.17) is 43.1 Å². The monoisotopic (exact) mass is 564 g/mol. The molecule has 2 aromatic carbocycles. The third kappa shape index (κ3) is 7.52. The molecule has 10 heteroatoms. The summed E-state index contributed by atoms with van der Waals surface area (Å²) in [6, 6.07) is 15.1. The first-order chi connectivity index (χ1) is 17.9. The molecule has 0 saturated heterocycles. The number of dihydropyridines is 1. The van der Waals surface area contributed by atoms with E-state index in [0.29, 0.717) is 40.9 Å². The van der Waals surface area contributed by atoms with Gasteiger partial charge in [0.1, 0.15) is 6.61 Å². The molecule has 7 nitrogen and oxygen atoms in total. The topological polar surface area (TPSA) is 99.9 Å². The van der Waals surface area contributed by atoms with Crippen molar-refractivity contribution in [1.82, 2.24) is 5.32 Å². The number of esters is 2. The van der Waals surface area contributed by atoms with Gasteiger partial charge >= 0.3 is 11.9 Å². The van der Waals surface area contributed by atoms with Crippen LogP contribution in [0.2, 0.25) is 10.0 Å². The molecule has 3 N–H and O–H groups in total. The summed E-state index contributed by atoms with van der Waals surface area (Å²) in [7, 11) is 1.28. The summed E-state index contributed by atoms with van der Waals surface area (Å²) in [5.41, 5.74) is 8.67. The van der Waals surface area contributed by atoms with Crippen LogP contribution in [-0.2, 0) is 29.6 Å². The van der Waals surface area contributed by atoms with E-state index in [0.717, 1.165) is 5.75 Å². The first kappa shape index (κ1) is 29.1. The normalized spacial score (nSPS) is 15.4. The molecule has 0 spiro atoms. The SMILES string of the molecule is COC(=O)C1=C(C)NC(COCCN)=C(C(=O)OCCSCc2ccccc2)C1c1cccc(Cl)c1Cl. The highest BCUT2D eigenvalue weighted by molar-refractivity contribution is 7.98. The molecule has 0 fully saturated rings. The standard InChI is InChI=1S/C27H30Cl2N2O5S/c1-17-22(26(32)34-2)23(19-9-6-10-20(28)25(19)29)24(21(31-17)15-35-12-11-30)27(33)36-13-14-37-16-18-7-4-3-5-8-18/h3-10,23,31H,11-16,30H2,1-2H3. The van der Waals surface area contributed by atoms with Gasteiger partial charge in [0.2, 0.25) is 0 Å². The number of allylic oxidation sites excluding steroid dienone is 1. The number of halogens is 2. The highest BCUT2D eigenvalue weighted by Crippen LogP contribution is 2.43. The minimum atomic E-state index is -0.874. The molecule has 1 heterocycles. The molecule has 0 aromatic heterocycles. The van der Waals surface area contributed by atoms with Crippen LogP contribution in [0.4, 0.5) is 0 Å². The summed E-state index contributed by atoms with van der Waals surface area (Å²) in [5, 5.41) is 3.67. The predicted octanol–water partition coefficient (Wildman–Crippen LogP) is 4.83. The third-order valence-corrected chi connectivity index (χ3v) is 7.47. The maximum absolute atomic E-state index is 13.6. The minimum absolute atomic E-state index is 0.0604. The van der Waals surface area contributed by atoms with Crippen molar-refractivity contribution in [3.63, 3.8) is 0 Å². The number of nitrogens with one attached hydrogen (secondary N) is 1. The predicted molar refractivity (Wildman–Crippen MR) is 148 cm³/mol. The first-order valence-electron chi connectivity index (χ1n) is 11.7. The Labute approximate surface area is 231 Å². The number of rotatable bonds is 12. The fourth-order valence-electron chi connectivity index (χ4n) is 3.98. The summed E-state index contributed by atoms with van der Waals surface area (Å²) >= 11 is 14.5. The molecule has 0 aliphatic carbocycles. The lowest BCUT2D eigenvalue weighted by Gasteiger charge is -2.32. The van der Waals surface area contributed by atoms with Crippen molar-refractivity contribution in [3.8, 4) is 0 Å². The molecule has 1 unspecified atom stereocenters. The minimum Gasteiger partial charge on any atom is -0.466 e. The molecule has 3 rings (SSSR count). The molecule has 1 aliphatic rings. The molecule has 0 saturated carbocycles. The van der Waals surface area contributed by atoms with E-state index in [1.54, 1.807) is 36.9 Å². The molecular weight excluding hydrogens is 535 g/mol. The summed E-state index contributed by atoms with van der Waals surface area (Å²) in [6.45, 7) is 2.58. The lowest BCUT2D eigenvalue weighted by molar-refractivity contribution is -0.139. The van der Waals surface area contributed by atoms with Crippen LogP contribution in [0.15, 0.2) is 71.1 Å². The Morgan fingerprint density at radius 2 is 1.78 bits per heavy atom. The smallest absolute Gasteiger partial charge is 0.336 e. The molecule has 0 bridgehead atoms. The van der Waals surface area contributed by atoms with Crippen LogP contribution in [0.3, 0.4) is 0 Å². The molecule has 1 atom stereocenters. The van der Waals surface area contributed by atoms with Crippen molar-refractivity contribution < 1.29 is 23.8 Å². The second kappa shape index (κ2) is 14.4. The highest BCUT2D eigenvalue weighted by Gasteiger charge is 2.40. The van der Waals surface area contributed by atoms with Crippen molar-refractivity contribution in [3.05, 3.63) is 92.2 Å². The lowest BCUT2D eigenvalue weighted by atomic mass is 9.80. The van der Waals surface area contributed by atoms with E-state index in [9.17, 15) is 9.59 Å². The number of nitrogens with two attached hydrogens (primary N) is 1. The van der Waals surface area contributed by atoms with Gasteiger partial charge in [0.25, 0.3) is 0 Å². The van der Waals surface area contributed by atoms with Crippen LogP contribution >= 0.6 is 35.0 Å². The van der Waals surface area contributed by atoms with E-state index in [-0.39, 0.29) is 29.4 Å². The van der Waals surface area contributed by atoms with Crippen LogP contribution in [0.25, 0.3) is 0 Å². The quantitative estimate of drug-likeness (QED) is 0.279. The van der Waals surface area contributed by atoms with Crippen molar-refractivity contribution in [2.45, 2.75) is 18.6 Å². The molecular formula is C27H30Cl2N2O5S. The van der Waals surface area contributed by atoms with Gasteiger partial charge in [-0.25, -0.2) is 9.59 Å². The van der Waals surface area contributed by atoms with Gasteiger partial charge in [0, 0.05) is 23.7 Å². The van der Waals surface area contributed by atoms with Crippen molar-refractivity contribution in [2.75, 3.05) is 39.2 Å². The summed E-state index contributed by atoms with van der Waals surface area (Å²) in [6.07, 6.45) is 0. The van der Waals surface area contributed by atoms with Gasteiger partial charge in [-0.05, 0) is 24.1 Å². The Morgan fingerprint density at radius 3 is 2.49 bits per heavy atom. The van der Waals surface area contributed by atoms with E-state index in [1.165, 1.54) is 12.7 Å². The molecule has 2 aromatic rings. The highest BCUT2D eigenvalue weighted by atomic mass is 35.5. The van der Waals surface area contributed by atoms with Gasteiger partial charge in [0.15, 0.2) is 0 Å². The second-order valence-corrected chi connectivity index (χ2v) is 10.0. The van der Waals surface area contributed by atoms with Gasteiger partial charge in [-0.1, -0.05) is 65.7 Å². The Bertz CT molecular complexity index is 1170. The van der Waals surface area contributed by atoms with Crippen LogP contribution < -0.4 is 11.1 Å². The van der Waals surface area contributed by atoms with Crippen molar-refractivity contribution in [2.24, 2.45) is 5.73 Å². The van der Waals surface area contributed by atoms with Crippen molar-refractivity contribution >= 4 is 46.9 Å². The van der Waals surface area contributed by atoms with Gasteiger partial charge in [-0.3, -0.25) is 0 Å². The zero-order valence-electron chi connectivity index (χ0n) is 20.7. The first-order valence-corrected chi connectivity index (χ1v) is 13.6. The summed E-state index contributed by atoms with van der Waals surface area (Å²) in [5.74, 6) is -0.663. The Kier molecular flexibility index (Phi) is 11.4. The largest absolute Gasteiger partial charge is 0.466 e. The molecule has 198 valence electrons. The van der Waals surface area contributed by atoms with Crippen LogP contribution in [-0.4, -0.2) is 51.2 Å². The third-order valence-electron chi connectivity index (χ3n) is 5.64. The molecule has 37 heavy (non-hydrogen) atoms. The average molecular weight is 566 g/mol. The molecule has 1 aliphatic heterocycles. The lowest BCUT2D eigenvalue weighted by Crippen LogP contribution is -2.35. The summed E-state index contributed by atoms with van der Waals surface area (Å²) < 4.78 is 16.4. The van der Waals surface area contributed by atoms with E-state index in [2.05, 4.69) is 5.32 Å². The fourth-order valence-corrected chi connectivity index (χ4v) is 5.17. The number of benzene rings is 2. The second-order valence-electron chi connectivity index (χ2n) is 8.14. The number of thioether (sulfide) groups is 1. The van der Waals surface area contributed by atoms with Crippen LogP contribution in [0, 0.1) is 0 Å². The maximum Gasteiger partial charge on any atom is 0.336 e. The maximum atomic E-state index is 13.6. The van der Waals surface area contributed by atoms with E-state index >= 15 is 0 Å².